The molecule has 2 aliphatic rings. The van der Waals surface area contributed by atoms with Crippen LogP contribution in [0.25, 0.3) is 6.08 Å². The maximum absolute atomic E-state index is 13.1. The Morgan fingerprint density at radius 2 is 2.11 bits per heavy atom. The molecule has 6 heteroatoms. The number of likely N-dealkylation sites (tertiary alicyclic amines) is 1. The molecule has 0 aromatic heterocycles. The Morgan fingerprint density at radius 1 is 1.29 bits per heavy atom. The largest absolute Gasteiger partial charge is 0.337 e. The van der Waals surface area contributed by atoms with Gasteiger partial charge >= 0.3 is 0 Å². The number of non-ortho nitro benzene ring substituents is 1. The predicted molar refractivity (Wildman–Crippen MR) is 109 cm³/mol. The molecule has 0 bridgehead atoms. The monoisotopic (exact) mass is 378 g/mol. The van der Waals surface area contributed by atoms with Gasteiger partial charge in [-0.1, -0.05) is 29.8 Å². The van der Waals surface area contributed by atoms with E-state index in [0.29, 0.717) is 11.5 Å². The second-order valence-corrected chi connectivity index (χ2v) is 7.83. The average molecular weight is 378 g/mol. The fourth-order valence-corrected chi connectivity index (χ4v) is 4.48. The van der Waals surface area contributed by atoms with Gasteiger partial charge in [-0.2, -0.15) is 0 Å². The van der Waals surface area contributed by atoms with E-state index in [1.54, 1.807) is 18.2 Å². The Balaban J connectivity index is 1.64. The molecule has 2 aromatic rings. The second-order valence-electron chi connectivity index (χ2n) is 7.83. The molecule has 2 aliphatic heterocycles. The van der Waals surface area contributed by atoms with Crippen molar-refractivity contribution in [3.8, 4) is 0 Å². The van der Waals surface area contributed by atoms with Crippen molar-refractivity contribution in [1.82, 2.24) is 0 Å². The van der Waals surface area contributed by atoms with Gasteiger partial charge in [0.1, 0.15) is 0 Å². The first-order valence-electron chi connectivity index (χ1n) is 9.61. The third kappa shape index (κ3) is 3.31. The summed E-state index contributed by atoms with van der Waals surface area (Å²) in [6.07, 6.45) is 4.17. The summed E-state index contributed by atoms with van der Waals surface area (Å²) in [6, 6.07) is 12.8. The summed E-state index contributed by atoms with van der Waals surface area (Å²) >= 11 is 0. The van der Waals surface area contributed by atoms with Crippen molar-refractivity contribution in [2.24, 2.45) is 0 Å². The van der Waals surface area contributed by atoms with Crippen LogP contribution in [0.5, 0.6) is 0 Å². The van der Waals surface area contributed by atoms with Crippen LogP contribution in [-0.2, 0) is 4.79 Å². The zero-order valence-electron chi connectivity index (χ0n) is 16.1. The summed E-state index contributed by atoms with van der Waals surface area (Å²) in [5.74, 6) is 0.294. The zero-order valence-corrected chi connectivity index (χ0v) is 16.1. The Morgan fingerprint density at radius 3 is 2.89 bits per heavy atom. The highest BCUT2D eigenvalue weighted by atomic mass is 16.6. The van der Waals surface area contributed by atoms with Gasteiger partial charge in [-0.3, -0.25) is 14.9 Å². The number of aryl methyl sites for hydroxylation is 1. The van der Waals surface area contributed by atoms with Crippen LogP contribution >= 0.6 is 0 Å². The number of rotatable bonds is 3. The lowest BCUT2D eigenvalue weighted by Crippen LogP contribution is -3.11. The number of anilines is 1. The van der Waals surface area contributed by atoms with Gasteiger partial charge in [-0.15, -0.1) is 0 Å². The summed E-state index contributed by atoms with van der Waals surface area (Å²) in [4.78, 5) is 27.1. The van der Waals surface area contributed by atoms with Crippen LogP contribution in [0.3, 0.4) is 0 Å². The lowest BCUT2D eigenvalue weighted by atomic mass is 9.89. The number of piperidine rings is 1. The number of hydrogen-bond acceptors (Lipinski definition) is 3. The normalized spacial score (nSPS) is 23.5. The molecule has 2 aromatic carbocycles. The van der Waals surface area contributed by atoms with Gasteiger partial charge in [-0.25, -0.2) is 0 Å². The predicted octanol–water partition coefficient (Wildman–Crippen LogP) is 2.33. The van der Waals surface area contributed by atoms with Crippen LogP contribution < -0.4 is 9.80 Å². The third-order valence-corrected chi connectivity index (χ3v) is 5.81. The van der Waals surface area contributed by atoms with Crippen molar-refractivity contribution in [1.29, 1.82) is 0 Å². The van der Waals surface area contributed by atoms with Gasteiger partial charge in [-0.05, 0) is 30.2 Å². The highest BCUT2D eigenvalue weighted by Gasteiger charge is 2.45. The van der Waals surface area contributed by atoms with Crippen LogP contribution in [0, 0.1) is 17.0 Å². The lowest BCUT2D eigenvalue weighted by Gasteiger charge is -2.34. The molecule has 1 fully saturated rings. The molecule has 2 heterocycles. The maximum atomic E-state index is 13.1. The van der Waals surface area contributed by atoms with E-state index in [1.807, 2.05) is 4.90 Å². The molecule has 0 spiro atoms. The molecule has 1 amide bonds. The van der Waals surface area contributed by atoms with Gasteiger partial charge in [0.2, 0.25) is 0 Å². The van der Waals surface area contributed by atoms with Gasteiger partial charge in [0.25, 0.3) is 11.6 Å². The van der Waals surface area contributed by atoms with Crippen molar-refractivity contribution in [3.63, 3.8) is 0 Å². The van der Waals surface area contributed by atoms with Crippen LogP contribution in [-0.4, -0.2) is 37.0 Å². The maximum Gasteiger partial charge on any atom is 0.270 e. The van der Waals surface area contributed by atoms with E-state index in [9.17, 15) is 14.9 Å². The Labute approximate surface area is 164 Å². The lowest BCUT2D eigenvalue weighted by molar-refractivity contribution is -0.886. The number of nitrogens with one attached hydrogen (secondary N) is 1. The number of carbonyl (C=O) groups is 1. The van der Waals surface area contributed by atoms with Crippen LogP contribution in [0.1, 0.15) is 29.0 Å². The highest BCUT2D eigenvalue weighted by molar-refractivity contribution is 6.06. The van der Waals surface area contributed by atoms with E-state index >= 15 is 0 Å². The minimum absolute atomic E-state index is 0.0231. The summed E-state index contributed by atoms with van der Waals surface area (Å²) in [6.45, 7) is 4.16. The number of quaternary nitrogens is 1. The summed E-state index contributed by atoms with van der Waals surface area (Å²) in [5.41, 5.74) is 4.15. The molecule has 0 saturated carbocycles. The summed E-state index contributed by atoms with van der Waals surface area (Å²) in [7, 11) is 2.21. The number of hydrogen-bond donors (Lipinski definition) is 1. The van der Waals surface area contributed by atoms with Gasteiger partial charge in [0.05, 0.1) is 37.0 Å². The minimum atomic E-state index is -0.427. The summed E-state index contributed by atoms with van der Waals surface area (Å²) < 4.78 is 0. The molecule has 4 rings (SSSR count). The number of likely N-dealkylation sites (N-methyl/N-ethyl adjacent to an activating group) is 1. The molecule has 0 aliphatic carbocycles. The molecule has 6 nitrogen and oxygen atoms in total. The first-order valence-corrected chi connectivity index (χ1v) is 9.61. The Hall–Kier alpha value is -2.99. The van der Waals surface area contributed by atoms with Gasteiger partial charge in [0, 0.05) is 30.3 Å². The summed E-state index contributed by atoms with van der Waals surface area (Å²) in [5, 5.41) is 11.0. The minimum Gasteiger partial charge on any atom is -0.337 e. The Kier molecular flexibility index (Phi) is 4.73. The SMILES string of the molecule is Cc1ccc2c(c1)[C@H]1C[NH+](C)CC[C@@H]1N2C(=O)/C=C/c1cccc([N+](=O)[O-])c1. The molecule has 144 valence electrons. The second kappa shape index (κ2) is 7.20. The number of amides is 1. The third-order valence-electron chi connectivity index (χ3n) is 5.81. The average Bonchev–Trinajstić information content (AvgIpc) is 2.99. The quantitative estimate of drug-likeness (QED) is 0.506. The smallest absolute Gasteiger partial charge is 0.270 e. The number of nitro benzene ring substituents is 1. The molecule has 28 heavy (non-hydrogen) atoms. The topological polar surface area (TPSA) is 67.9 Å². The van der Waals surface area contributed by atoms with Crippen molar-refractivity contribution in [2.75, 3.05) is 25.0 Å². The molecule has 1 unspecified atom stereocenters. The van der Waals surface area contributed by atoms with Crippen LogP contribution in [0.4, 0.5) is 11.4 Å². The molecular weight excluding hydrogens is 354 g/mol. The van der Waals surface area contributed by atoms with E-state index in [-0.39, 0.29) is 17.6 Å². The molecule has 1 N–H and O–H groups in total. The van der Waals surface area contributed by atoms with E-state index in [2.05, 4.69) is 32.2 Å². The van der Waals surface area contributed by atoms with Crippen LogP contribution in [0.15, 0.2) is 48.5 Å². The van der Waals surface area contributed by atoms with Crippen molar-refractivity contribution >= 4 is 23.4 Å². The number of nitro groups is 1. The fourth-order valence-electron chi connectivity index (χ4n) is 4.48. The number of carbonyl (C=O) groups excluding carboxylic acids is 1. The first kappa shape index (κ1) is 18.4. The van der Waals surface area contributed by atoms with E-state index < -0.39 is 4.92 Å². The molecular formula is C22H24N3O3+. The standard InChI is InChI=1S/C22H23N3O3/c1-15-6-8-20-18(12-15)19-14-23(2)11-10-21(19)24(20)22(26)9-7-16-4-3-5-17(13-16)25(27)28/h3-9,12-13,19,21H,10-11,14H2,1-2H3/p+1/b9-7+/t19-,21+/m1/s1. The van der Waals surface area contributed by atoms with Gasteiger partial charge in [0.15, 0.2) is 0 Å². The highest BCUT2D eigenvalue weighted by Crippen LogP contribution is 2.43. The number of fused-ring (bicyclic) bond motifs is 3. The zero-order chi connectivity index (χ0) is 19.8. The number of benzene rings is 2. The van der Waals surface area contributed by atoms with Crippen LogP contribution in [0.2, 0.25) is 0 Å². The van der Waals surface area contributed by atoms with Crippen molar-refractivity contribution in [2.45, 2.75) is 25.3 Å². The molecule has 3 atom stereocenters. The van der Waals surface area contributed by atoms with Crippen molar-refractivity contribution < 1.29 is 14.6 Å². The molecule has 1 saturated heterocycles. The fraction of sp³-hybridized carbons (Fsp3) is 0.318. The van der Waals surface area contributed by atoms with Gasteiger partial charge < -0.3 is 9.80 Å². The van der Waals surface area contributed by atoms with E-state index in [4.69, 9.17) is 0 Å². The Bertz CT molecular complexity index is 969. The number of nitrogens with zero attached hydrogens (tertiary/aromatic N) is 2. The molecule has 0 radical (unpaired) electrons. The van der Waals surface area contributed by atoms with E-state index in [0.717, 1.165) is 25.2 Å². The first-order chi connectivity index (χ1) is 13.4. The van der Waals surface area contributed by atoms with Crippen molar-refractivity contribution in [3.05, 3.63) is 75.3 Å². The van der Waals surface area contributed by atoms with E-state index in [1.165, 1.54) is 34.2 Å².